The van der Waals surface area contributed by atoms with Crippen LogP contribution in [0.15, 0.2) is 75.9 Å². The lowest BCUT2D eigenvalue weighted by molar-refractivity contribution is -0.165. The van der Waals surface area contributed by atoms with Gasteiger partial charge in [-0.25, -0.2) is 28.8 Å². The first-order chi connectivity index (χ1) is 23.7. The number of esters is 6. The Kier molecular flexibility index (Phi) is 24.5. The minimum Gasteiger partial charge on any atom is -0.462 e. The van der Waals surface area contributed by atoms with Crippen LogP contribution >= 0.6 is 0 Å². The molecule has 0 rings (SSSR count). The lowest BCUT2D eigenvalue weighted by Crippen LogP contribution is -2.44. The smallest absolute Gasteiger partial charge is 0.330 e. The molecule has 0 radical (unpaired) electrons. The molecule has 0 unspecified atom stereocenters. The van der Waals surface area contributed by atoms with Crippen molar-refractivity contribution in [1.29, 1.82) is 0 Å². The summed E-state index contributed by atoms with van der Waals surface area (Å²) in [6.45, 7) is 14.8. The molecule has 0 amide bonds. The standard InChI is InChI=1S/C17H20O8.C16H26O9/c1-5-13(18)22-9-17(10-23-14(19)6-2,11-24-15(20)7-3)12-25-16(21)8-4;1-3-13(21)24-11-16(8-20,12-25-14(22)4-2)10-23-9-15(5-17,6-18)7-19/h5-8H,1-4,9-12H2;3-4,17-20H,1-2,5-12H2. The molecular weight excluding hydrogens is 668 g/mol. The molecule has 0 spiro atoms. The summed E-state index contributed by atoms with van der Waals surface area (Å²) in [6.07, 6.45) is 5.57. The third-order valence-corrected chi connectivity index (χ3v) is 6.28. The topological polar surface area (TPSA) is 248 Å². The molecule has 0 aliphatic carbocycles. The van der Waals surface area contributed by atoms with Crippen LogP contribution in [0.25, 0.3) is 0 Å². The molecule has 4 N–H and O–H groups in total. The van der Waals surface area contributed by atoms with E-state index in [0.717, 1.165) is 36.5 Å². The lowest BCUT2D eigenvalue weighted by atomic mass is 9.90. The van der Waals surface area contributed by atoms with Crippen LogP contribution in [0.3, 0.4) is 0 Å². The Morgan fingerprint density at radius 1 is 0.360 bits per heavy atom. The van der Waals surface area contributed by atoms with E-state index in [1.54, 1.807) is 0 Å². The maximum Gasteiger partial charge on any atom is 0.330 e. The van der Waals surface area contributed by atoms with Crippen molar-refractivity contribution in [3.63, 3.8) is 0 Å². The van der Waals surface area contributed by atoms with Gasteiger partial charge in [-0.15, -0.1) is 0 Å². The summed E-state index contributed by atoms with van der Waals surface area (Å²) in [5, 5.41) is 37.5. The van der Waals surface area contributed by atoms with Crippen LogP contribution in [-0.4, -0.2) is 136 Å². The molecule has 0 aromatic heterocycles. The van der Waals surface area contributed by atoms with Crippen molar-refractivity contribution in [1.82, 2.24) is 0 Å². The molecule has 0 saturated heterocycles. The zero-order valence-electron chi connectivity index (χ0n) is 27.8. The number of aliphatic hydroxyl groups excluding tert-OH is 4. The third kappa shape index (κ3) is 19.2. The zero-order chi connectivity index (χ0) is 38.6. The summed E-state index contributed by atoms with van der Waals surface area (Å²) in [5.74, 6) is -4.50. The highest BCUT2D eigenvalue weighted by molar-refractivity contribution is 5.83. The highest BCUT2D eigenvalue weighted by Crippen LogP contribution is 2.23. The van der Waals surface area contributed by atoms with Crippen LogP contribution in [0.5, 0.6) is 0 Å². The van der Waals surface area contributed by atoms with Gasteiger partial charge in [0.15, 0.2) is 0 Å². The van der Waals surface area contributed by atoms with E-state index in [2.05, 4.69) is 39.5 Å². The summed E-state index contributed by atoms with van der Waals surface area (Å²) in [6, 6.07) is 0. The number of hydrogen-bond donors (Lipinski definition) is 4. The quantitative estimate of drug-likeness (QED) is 0.0491. The molecule has 280 valence electrons. The van der Waals surface area contributed by atoms with Crippen LogP contribution in [-0.2, 0) is 61.9 Å². The largest absolute Gasteiger partial charge is 0.462 e. The van der Waals surface area contributed by atoms with Gasteiger partial charge in [0.2, 0.25) is 0 Å². The second-order valence-corrected chi connectivity index (χ2v) is 10.5. The summed E-state index contributed by atoms with van der Waals surface area (Å²) in [4.78, 5) is 67.8. The first-order valence-corrected chi connectivity index (χ1v) is 14.4. The van der Waals surface area contributed by atoms with E-state index in [9.17, 15) is 49.2 Å². The van der Waals surface area contributed by atoms with E-state index in [1.165, 1.54) is 0 Å². The molecular formula is C33H46O17. The van der Waals surface area contributed by atoms with E-state index in [-0.39, 0.29) is 52.9 Å². The molecule has 0 saturated carbocycles. The van der Waals surface area contributed by atoms with Crippen LogP contribution in [0.1, 0.15) is 0 Å². The van der Waals surface area contributed by atoms with Crippen molar-refractivity contribution < 1.29 is 82.4 Å². The summed E-state index contributed by atoms with van der Waals surface area (Å²) in [7, 11) is 0. The molecule has 0 bridgehead atoms. The monoisotopic (exact) mass is 714 g/mol. The van der Waals surface area contributed by atoms with E-state index in [4.69, 9.17) is 33.2 Å². The molecule has 0 aliphatic heterocycles. The second-order valence-electron chi connectivity index (χ2n) is 10.5. The van der Waals surface area contributed by atoms with Crippen LogP contribution < -0.4 is 0 Å². The Labute approximate surface area is 289 Å². The van der Waals surface area contributed by atoms with E-state index in [0.29, 0.717) is 0 Å². The Morgan fingerprint density at radius 3 is 0.760 bits per heavy atom. The molecule has 17 nitrogen and oxygen atoms in total. The minimum absolute atomic E-state index is 0.233. The molecule has 0 aliphatic rings. The number of carbonyl (C=O) groups is 6. The van der Waals surface area contributed by atoms with Crippen molar-refractivity contribution >= 4 is 35.8 Å². The highest BCUT2D eigenvalue weighted by atomic mass is 16.6. The van der Waals surface area contributed by atoms with Gasteiger partial charge in [-0.05, 0) is 0 Å². The average molecular weight is 715 g/mol. The fourth-order valence-electron chi connectivity index (χ4n) is 2.98. The van der Waals surface area contributed by atoms with Crippen LogP contribution in [0, 0.1) is 16.2 Å². The van der Waals surface area contributed by atoms with Gasteiger partial charge in [0.05, 0.1) is 50.5 Å². The second kappa shape index (κ2) is 26.0. The fraction of sp³-hybridized carbons (Fsp3) is 0.455. The first kappa shape index (κ1) is 47.2. The van der Waals surface area contributed by atoms with Gasteiger partial charge in [-0.1, -0.05) is 39.5 Å². The third-order valence-electron chi connectivity index (χ3n) is 6.28. The maximum atomic E-state index is 11.3. The number of hydrogen-bond acceptors (Lipinski definition) is 17. The summed E-state index contributed by atoms with van der Waals surface area (Å²) in [5.41, 5.74) is -3.88. The van der Waals surface area contributed by atoms with Crippen LogP contribution in [0.2, 0.25) is 0 Å². The number of ether oxygens (including phenoxy) is 7. The van der Waals surface area contributed by atoms with Crippen molar-refractivity contribution in [3.8, 4) is 0 Å². The molecule has 0 heterocycles. The fourth-order valence-corrected chi connectivity index (χ4v) is 2.98. The Morgan fingerprint density at radius 2 is 0.560 bits per heavy atom. The molecule has 0 aromatic carbocycles. The minimum atomic E-state index is -1.34. The molecule has 0 atom stereocenters. The number of aliphatic hydroxyl groups is 4. The normalized spacial score (nSPS) is 10.8. The highest BCUT2D eigenvalue weighted by Gasteiger charge is 2.38. The van der Waals surface area contributed by atoms with Gasteiger partial charge in [0.1, 0.15) is 45.1 Å². The Bertz CT molecular complexity index is 1050. The van der Waals surface area contributed by atoms with Crippen LogP contribution in [0.4, 0.5) is 0 Å². The first-order valence-electron chi connectivity index (χ1n) is 14.4. The molecule has 50 heavy (non-hydrogen) atoms. The summed E-state index contributed by atoms with van der Waals surface area (Å²) < 4.78 is 35.0. The Balaban J connectivity index is 0. The van der Waals surface area contributed by atoms with Crippen molar-refractivity contribution in [2.45, 2.75) is 0 Å². The SMILES string of the molecule is C=CC(=O)OCC(CO)(COCC(CO)(CO)CO)COC(=O)C=C.C=CC(=O)OCC(COC(=O)C=C)(COC(=O)C=C)COC(=O)C=C. The van der Waals surface area contributed by atoms with Gasteiger partial charge in [0, 0.05) is 36.5 Å². The van der Waals surface area contributed by atoms with Gasteiger partial charge < -0.3 is 53.6 Å². The lowest BCUT2D eigenvalue weighted by Gasteiger charge is -2.33. The van der Waals surface area contributed by atoms with Crippen molar-refractivity contribution in [3.05, 3.63) is 75.9 Å². The molecule has 0 fully saturated rings. The van der Waals surface area contributed by atoms with Gasteiger partial charge >= 0.3 is 35.8 Å². The number of carbonyl (C=O) groups excluding carboxylic acids is 6. The maximum absolute atomic E-state index is 11.3. The Hall–Kier alpha value is -4.94. The van der Waals surface area contributed by atoms with Crippen molar-refractivity contribution in [2.75, 3.05) is 79.3 Å². The summed E-state index contributed by atoms with van der Waals surface area (Å²) >= 11 is 0. The van der Waals surface area contributed by atoms with Crippen molar-refractivity contribution in [2.24, 2.45) is 16.2 Å². The molecule has 0 aromatic rings. The van der Waals surface area contributed by atoms with Gasteiger partial charge in [0.25, 0.3) is 0 Å². The zero-order valence-corrected chi connectivity index (χ0v) is 27.8. The molecule has 17 heteroatoms. The van der Waals surface area contributed by atoms with E-state index in [1.807, 2.05) is 0 Å². The predicted molar refractivity (Wildman–Crippen MR) is 173 cm³/mol. The predicted octanol–water partition coefficient (Wildman–Crippen LogP) is -0.707. The van der Waals surface area contributed by atoms with E-state index < -0.39 is 78.5 Å². The van der Waals surface area contributed by atoms with Gasteiger partial charge in [-0.3, -0.25) is 0 Å². The van der Waals surface area contributed by atoms with E-state index >= 15 is 0 Å². The van der Waals surface area contributed by atoms with Gasteiger partial charge in [-0.2, -0.15) is 0 Å². The number of rotatable bonds is 26. The average Bonchev–Trinajstić information content (AvgIpc) is 3.16.